The molecule has 0 radical (unpaired) electrons. The molecule has 4 aromatic carbocycles. The molecule has 0 saturated heterocycles. The van der Waals surface area contributed by atoms with Gasteiger partial charge in [-0.2, -0.15) is 13.2 Å². The number of aromatic nitrogens is 2. The van der Waals surface area contributed by atoms with Gasteiger partial charge in [0.15, 0.2) is 0 Å². The molecular weight excluding hydrogens is 457 g/mol. The number of para-hydroxylation sites is 1. The molecule has 0 N–H and O–H groups in total. The summed E-state index contributed by atoms with van der Waals surface area (Å²) in [6, 6.07) is 31.5. The van der Waals surface area contributed by atoms with Crippen molar-refractivity contribution >= 4 is 21.8 Å². The number of pyridine rings is 2. The van der Waals surface area contributed by atoms with Crippen LogP contribution in [0.15, 0.2) is 116 Å². The summed E-state index contributed by atoms with van der Waals surface area (Å²) in [5, 5.41) is 2.07. The highest BCUT2D eigenvalue weighted by atomic mass is 19.4. The lowest BCUT2D eigenvalue weighted by atomic mass is 9.99. The molecule has 0 amide bonds. The quantitative estimate of drug-likeness (QED) is 0.255. The van der Waals surface area contributed by atoms with Crippen LogP contribution in [0.5, 0.6) is 0 Å². The third kappa shape index (κ3) is 4.20. The zero-order valence-electron chi connectivity index (χ0n) is 19.0. The van der Waals surface area contributed by atoms with Gasteiger partial charge in [-0.15, -0.1) is 0 Å². The summed E-state index contributed by atoms with van der Waals surface area (Å²) < 4.78 is 38.6. The van der Waals surface area contributed by atoms with Crippen LogP contribution in [0.3, 0.4) is 0 Å². The lowest BCUT2D eigenvalue weighted by molar-refractivity contribution is -0.137. The summed E-state index contributed by atoms with van der Waals surface area (Å²) in [7, 11) is 0. The Labute approximate surface area is 205 Å². The highest BCUT2D eigenvalue weighted by molar-refractivity contribution is 5.88. The molecule has 174 valence electrons. The molecule has 2 nitrogen and oxygen atoms in total. The molecule has 2 heterocycles. The fourth-order valence-electron chi connectivity index (χ4n) is 4.39. The Kier molecular flexibility index (Phi) is 5.26. The van der Waals surface area contributed by atoms with Crippen molar-refractivity contribution in [3.63, 3.8) is 0 Å². The zero-order chi connectivity index (χ0) is 24.7. The smallest absolute Gasteiger partial charge is 0.256 e. The van der Waals surface area contributed by atoms with E-state index < -0.39 is 11.7 Å². The summed E-state index contributed by atoms with van der Waals surface area (Å²) in [5.41, 5.74) is 6.84. The Morgan fingerprint density at radius 1 is 0.444 bits per heavy atom. The molecule has 0 aliphatic carbocycles. The molecule has 0 saturated carbocycles. The van der Waals surface area contributed by atoms with Gasteiger partial charge in [-0.05, 0) is 58.7 Å². The summed E-state index contributed by atoms with van der Waals surface area (Å²) >= 11 is 0. The second-order valence-corrected chi connectivity index (χ2v) is 8.70. The van der Waals surface area contributed by atoms with Crippen LogP contribution in [0, 0.1) is 0 Å². The normalized spacial score (nSPS) is 11.8. The van der Waals surface area contributed by atoms with Gasteiger partial charge in [0.05, 0.1) is 16.6 Å². The first-order valence-corrected chi connectivity index (χ1v) is 11.5. The van der Waals surface area contributed by atoms with Gasteiger partial charge >= 0.3 is 6.18 Å². The largest absolute Gasteiger partial charge is 0.416 e. The number of alkyl halides is 3. The number of nitrogens with zero attached hydrogens (tertiary/aromatic N) is 2. The first-order valence-electron chi connectivity index (χ1n) is 11.5. The van der Waals surface area contributed by atoms with E-state index in [-0.39, 0.29) is 0 Å². The highest BCUT2D eigenvalue weighted by Gasteiger charge is 2.29. The maximum atomic E-state index is 12.9. The molecule has 0 spiro atoms. The van der Waals surface area contributed by atoms with E-state index in [0.717, 1.165) is 67.3 Å². The molecule has 0 aliphatic rings. The van der Waals surface area contributed by atoms with Crippen LogP contribution in [0.2, 0.25) is 0 Å². The van der Waals surface area contributed by atoms with Crippen LogP contribution in [0.1, 0.15) is 5.56 Å². The van der Waals surface area contributed by atoms with Crippen LogP contribution in [0.25, 0.3) is 55.2 Å². The molecule has 6 aromatic rings. The molecule has 0 bridgehead atoms. The molecule has 5 heteroatoms. The Morgan fingerprint density at radius 2 is 0.944 bits per heavy atom. The second-order valence-electron chi connectivity index (χ2n) is 8.70. The van der Waals surface area contributed by atoms with E-state index in [1.54, 1.807) is 0 Å². The molecular formula is C31H19F3N2. The Balaban J connectivity index is 1.27. The van der Waals surface area contributed by atoms with Crippen LogP contribution >= 0.6 is 0 Å². The van der Waals surface area contributed by atoms with Crippen molar-refractivity contribution in [2.24, 2.45) is 0 Å². The summed E-state index contributed by atoms with van der Waals surface area (Å²) in [5.74, 6) is 0. The Morgan fingerprint density at radius 3 is 1.58 bits per heavy atom. The second kappa shape index (κ2) is 8.61. The summed E-state index contributed by atoms with van der Waals surface area (Å²) in [4.78, 5) is 9.18. The first kappa shape index (κ1) is 22.0. The lowest BCUT2D eigenvalue weighted by Gasteiger charge is -2.09. The number of hydrogen-bond acceptors (Lipinski definition) is 2. The summed E-state index contributed by atoms with van der Waals surface area (Å²) in [6.07, 6.45) is -0.626. The van der Waals surface area contributed by atoms with E-state index >= 15 is 0 Å². The van der Waals surface area contributed by atoms with E-state index in [0.29, 0.717) is 0 Å². The van der Waals surface area contributed by atoms with Crippen molar-refractivity contribution in [3.05, 3.63) is 121 Å². The highest BCUT2D eigenvalue weighted by Crippen LogP contribution is 2.32. The van der Waals surface area contributed by atoms with Crippen molar-refractivity contribution in [1.29, 1.82) is 0 Å². The van der Waals surface area contributed by atoms with Crippen molar-refractivity contribution in [2.75, 3.05) is 0 Å². The standard InChI is InChI=1S/C31H19F3N2/c32-31(33,34)28-13-11-20(12-14-28)23-9-10-25-16-27(19-36-30(25)17-23)22-7-5-21(6-8-22)26-15-24-3-1-2-4-29(24)35-18-26/h1-19H. The van der Waals surface area contributed by atoms with Gasteiger partial charge in [0.25, 0.3) is 0 Å². The van der Waals surface area contributed by atoms with Crippen LogP contribution < -0.4 is 0 Å². The molecule has 0 fully saturated rings. The summed E-state index contributed by atoms with van der Waals surface area (Å²) in [6.45, 7) is 0. The number of halogens is 3. The number of rotatable bonds is 3. The lowest BCUT2D eigenvalue weighted by Crippen LogP contribution is -2.03. The van der Waals surface area contributed by atoms with Gasteiger partial charge in [0.1, 0.15) is 0 Å². The number of benzene rings is 4. The SMILES string of the molecule is FC(F)(F)c1ccc(-c2ccc3cc(-c4ccc(-c5cnc6ccccc6c5)cc4)cnc3c2)cc1. The van der Waals surface area contributed by atoms with E-state index in [9.17, 15) is 13.2 Å². The molecule has 0 aliphatic heterocycles. The van der Waals surface area contributed by atoms with Crippen molar-refractivity contribution < 1.29 is 13.2 Å². The fourth-order valence-corrected chi connectivity index (χ4v) is 4.39. The molecule has 6 rings (SSSR count). The minimum Gasteiger partial charge on any atom is -0.256 e. The molecule has 36 heavy (non-hydrogen) atoms. The molecule has 0 unspecified atom stereocenters. The van der Waals surface area contributed by atoms with Gasteiger partial charge in [0.2, 0.25) is 0 Å². The molecule has 2 aromatic heterocycles. The minimum atomic E-state index is -4.34. The Hall–Kier alpha value is -4.51. The van der Waals surface area contributed by atoms with E-state index in [1.807, 2.05) is 48.8 Å². The number of hydrogen-bond donors (Lipinski definition) is 0. The topological polar surface area (TPSA) is 25.8 Å². The third-order valence-corrected chi connectivity index (χ3v) is 6.37. The first-order chi connectivity index (χ1) is 17.4. The van der Waals surface area contributed by atoms with Crippen LogP contribution in [-0.4, -0.2) is 9.97 Å². The maximum absolute atomic E-state index is 12.9. The average molecular weight is 477 g/mol. The van der Waals surface area contributed by atoms with Gasteiger partial charge in [-0.1, -0.05) is 66.7 Å². The van der Waals surface area contributed by atoms with Crippen molar-refractivity contribution in [3.8, 4) is 33.4 Å². The third-order valence-electron chi connectivity index (χ3n) is 6.37. The predicted octanol–water partition coefficient (Wildman–Crippen LogP) is 8.80. The minimum absolute atomic E-state index is 0.655. The van der Waals surface area contributed by atoms with E-state index in [4.69, 9.17) is 0 Å². The monoisotopic (exact) mass is 476 g/mol. The zero-order valence-corrected chi connectivity index (χ0v) is 19.0. The van der Waals surface area contributed by atoms with Gasteiger partial charge < -0.3 is 0 Å². The van der Waals surface area contributed by atoms with Gasteiger partial charge in [-0.25, -0.2) is 0 Å². The maximum Gasteiger partial charge on any atom is 0.416 e. The van der Waals surface area contributed by atoms with E-state index in [2.05, 4.69) is 52.4 Å². The van der Waals surface area contributed by atoms with Gasteiger partial charge in [0, 0.05) is 34.3 Å². The average Bonchev–Trinajstić information content (AvgIpc) is 2.92. The van der Waals surface area contributed by atoms with Crippen molar-refractivity contribution in [2.45, 2.75) is 6.18 Å². The fraction of sp³-hybridized carbons (Fsp3) is 0.0323. The van der Waals surface area contributed by atoms with Crippen LogP contribution in [0.4, 0.5) is 13.2 Å². The predicted molar refractivity (Wildman–Crippen MR) is 138 cm³/mol. The van der Waals surface area contributed by atoms with Crippen molar-refractivity contribution in [1.82, 2.24) is 9.97 Å². The Bertz CT molecular complexity index is 1700. The number of fused-ring (bicyclic) bond motifs is 2. The van der Waals surface area contributed by atoms with Crippen LogP contribution in [-0.2, 0) is 6.18 Å². The van der Waals surface area contributed by atoms with E-state index in [1.165, 1.54) is 12.1 Å². The van der Waals surface area contributed by atoms with Gasteiger partial charge in [-0.3, -0.25) is 9.97 Å². The molecule has 0 atom stereocenters.